The van der Waals surface area contributed by atoms with Crippen LogP contribution < -0.4 is 5.32 Å². The first-order valence-corrected chi connectivity index (χ1v) is 11.9. The second kappa shape index (κ2) is 11.9. The maximum absolute atomic E-state index is 13.5. The second-order valence-electron chi connectivity index (χ2n) is 8.17. The summed E-state index contributed by atoms with van der Waals surface area (Å²) in [4.78, 5) is 17.8. The highest BCUT2D eigenvalue weighted by Crippen LogP contribution is 2.32. The number of pyridine rings is 1. The van der Waals surface area contributed by atoms with E-state index in [0.29, 0.717) is 46.1 Å². The number of hydrogen-bond acceptors (Lipinski definition) is 5. The Hall–Kier alpha value is -3.59. The molecule has 4 rings (SSSR count). The molecule has 4 aromatic rings. The van der Waals surface area contributed by atoms with Crippen LogP contribution in [-0.2, 0) is 11.2 Å². The van der Waals surface area contributed by atoms with E-state index in [4.69, 9.17) is 16.3 Å². The Balaban J connectivity index is 1.62. The minimum absolute atomic E-state index is 0.0677. The summed E-state index contributed by atoms with van der Waals surface area (Å²) < 4.78 is 18.7. The van der Waals surface area contributed by atoms with Crippen LogP contribution in [0, 0.1) is 5.82 Å². The van der Waals surface area contributed by atoms with Gasteiger partial charge in [0, 0.05) is 36.0 Å². The van der Waals surface area contributed by atoms with Crippen molar-refractivity contribution in [3.8, 4) is 22.5 Å². The number of benzene rings is 2. The third-order valence-corrected chi connectivity index (χ3v) is 5.99. The summed E-state index contributed by atoms with van der Waals surface area (Å²) >= 11 is 6.52. The van der Waals surface area contributed by atoms with Crippen molar-refractivity contribution in [3.63, 3.8) is 0 Å². The van der Waals surface area contributed by atoms with Crippen molar-refractivity contribution in [3.05, 3.63) is 95.0 Å². The van der Waals surface area contributed by atoms with E-state index >= 15 is 0 Å². The summed E-state index contributed by atoms with van der Waals surface area (Å²) in [5, 5.41) is 21.3. The molecule has 36 heavy (non-hydrogen) atoms. The van der Waals surface area contributed by atoms with Gasteiger partial charge in [-0.25, -0.2) is 4.39 Å². The minimum atomic E-state index is -0.948. The van der Waals surface area contributed by atoms with Gasteiger partial charge in [0.15, 0.2) is 0 Å². The Kier molecular flexibility index (Phi) is 8.43. The topological polar surface area (TPSA) is 100 Å². The third kappa shape index (κ3) is 6.15. The molecule has 2 heterocycles. The number of carbonyl (C=O) groups excluding carboxylic acids is 1. The molecule has 2 atom stereocenters. The standard InChI is InChI=1S/C27H26ClFN4O3/c1-2-36-16-25(34)23(14-19-6-3-4-13-30-19)31-27(35)20-7-5-8-21(28)26(20)24-15-22(32-33-24)17-9-11-18(29)12-10-17/h3-13,15,23,25,34H,2,14,16H2,1H3,(H,31,35)(H,32,33)/t23-,25-/m1/s1. The van der Waals surface area contributed by atoms with Crippen LogP contribution in [0.15, 0.2) is 72.9 Å². The lowest BCUT2D eigenvalue weighted by molar-refractivity contribution is 0.0206. The molecule has 0 bridgehead atoms. The molecular formula is C27H26ClFN4O3. The molecule has 2 aromatic carbocycles. The van der Waals surface area contributed by atoms with E-state index in [2.05, 4.69) is 20.5 Å². The third-order valence-electron chi connectivity index (χ3n) is 5.67. The van der Waals surface area contributed by atoms with Gasteiger partial charge in [-0.05, 0) is 61.5 Å². The van der Waals surface area contributed by atoms with Crippen LogP contribution in [-0.4, -0.2) is 51.6 Å². The van der Waals surface area contributed by atoms with E-state index in [9.17, 15) is 14.3 Å². The zero-order valence-corrected chi connectivity index (χ0v) is 20.4. The molecule has 0 saturated heterocycles. The number of halogens is 2. The molecule has 0 aliphatic heterocycles. The van der Waals surface area contributed by atoms with E-state index in [1.54, 1.807) is 48.7 Å². The number of aromatic amines is 1. The Morgan fingerprint density at radius 2 is 1.97 bits per heavy atom. The average Bonchev–Trinajstić information content (AvgIpc) is 3.37. The zero-order chi connectivity index (χ0) is 25.5. The molecule has 1 amide bonds. The molecule has 0 spiro atoms. The van der Waals surface area contributed by atoms with Crippen molar-refractivity contribution in [2.45, 2.75) is 25.5 Å². The number of hydrogen-bond donors (Lipinski definition) is 3. The maximum Gasteiger partial charge on any atom is 0.252 e. The number of aliphatic hydroxyl groups excluding tert-OH is 1. The van der Waals surface area contributed by atoms with Crippen molar-refractivity contribution in [2.24, 2.45) is 0 Å². The van der Waals surface area contributed by atoms with Crippen LogP contribution in [0.25, 0.3) is 22.5 Å². The van der Waals surface area contributed by atoms with Gasteiger partial charge in [0.1, 0.15) is 5.82 Å². The number of carbonyl (C=O) groups is 1. The van der Waals surface area contributed by atoms with E-state index < -0.39 is 18.1 Å². The average molecular weight is 509 g/mol. The van der Waals surface area contributed by atoms with E-state index in [-0.39, 0.29) is 12.4 Å². The number of nitrogens with zero attached hydrogens (tertiary/aromatic N) is 2. The highest BCUT2D eigenvalue weighted by Gasteiger charge is 2.25. The summed E-state index contributed by atoms with van der Waals surface area (Å²) in [7, 11) is 0. The maximum atomic E-state index is 13.5. The van der Waals surface area contributed by atoms with E-state index in [0.717, 1.165) is 5.69 Å². The van der Waals surface area contributed by atoms with Crippen molar-refractivity contribution in [2.75, 3.05) is 13.2 Å². The molecule has 0 aliphatic rings. The highest BCUT2D eigenvalue weighted by atomic mass is 35.5. The lowest BCUT2D eigenvalue weighted by Gasteiger charge is -2.24. The largest absolute Gasteiger partial charge is 0.389 e. The van der Waals surface area contributed by atoms with Crippen LogP contribution in [0.5, 0.6) is 0 Å². The molecule has 9 heteroatoms. The molecular weight excluding hydrogens is 483 g/mol. The van der Waals surface area contributed by atoms with Gasteiger partial charge in [-0.2, -0.15) is 5.10 Å². The lowest BCUT2D eigenvalue weighted by Crippen LogP contribution is -2.47. The number of amides is 1. The fraction of sp³-hybridized carbons (Fsp3) is 0.222. The van der Waals surface area contributed by atoms with Gasteiger partial charge in [0.25, 0.3) is 5.91 Å². The number of aromatic nitrogens is 3. The van der Waals surface area contributed by atoms with Crippen LogP contribution >= 0.6 is 11.6 Å². The highest BCUT2D eigenvalue weighted by molar-refractivity contribution is 6.34. The quantitative estimate of drug-likeness (QED) is 0.289. The first-order valence-electron chi connectivity index (χ1n) is 11.5. The molecule has 0 saturated carbocycles. The van der Waals surface area contributed by atoms with Crippen LogP contribution in [0.1, 0.15) is 23.0 Å². The molecule has 0 aliphatic carbocycles. The molecule has 2 aromatic heterocycles. The summed E-state index contributed by atoms with van der Waals surface area (Å²) in [5.41, 5.74) is 3.33. The predicted octanol–water partition coefficient (Wildman–Crippen LogP) is 4.67. The van der Waals surface area contributed by atoms with Crippen LogP contribution in [0.3, 0.4) is 0 Å². The first kappa shape index (κ1) is 25.5. The van der Waals surface area contributed by atoms with Gasteiger partial charge in [-0.1, -0.05) is 23.7 Å². The Morgan fingerprint density at radius 1 is 1.17 bits per heavy atom. The van der Waals surface area contributed by atoms with Crippen molar-refractivity contribution >= 4 is 17.5 Å². The van der Waals surface area contributed by atoms with Crippen molar-refractivity contribution in [1.29, 1.82) is 0 Å². The normalized spacial score (nSPS) is 12.8. The second-order valence-corrected chi connectivity index (χ2v) is 8.58. The minimum Gasteiger partial charge on any atom is -0.389 e. The molecule has 186 valence electrons. The van der Waals surface area contributed by atoms with Gasteiger partial charge in [0.2, 0.25) is 0 Å². The number of ether oxygens (including phenoxy) is 1. The Morgan fingerprint density at radius 3 is 2.69 bits per heavy atom. The smallest absolute Gasteiger partial charge is 0.252 e. The van der Waals surface area contributed by atoms with Crippen molar-refractivity contribution < 1.29 is 19.0 Å². The number of aliphatic hydroxyl groups is 1. The number of nitrogens with one attached hydrogen (secondary N) is 2. The lowest BCUT2D eigenvalue weighted by atomic mass is 10.0. The summed E-state index contributed by atoms with van der Waals surface area (Å²) in [5.74, 6) is -0.756. The molecule has 0 fully saturated rings. The molecule has 0 unspecified atom stereocenters. The fourth-order valence-electron chi connectivity index (χ4n) is 3.83. The van der Waals surface area contributed by atoms with Crippen molar-refractivity contribution in [1.82, 2.24) is 20.5 Å². The SMILES string of the molecule is CCOC[C@@H](O)[C@@H](Cc1ccccn1)NC(=O)c1cccc(Cl)c1-c1cc(-c2ccc(F)cc2)n[nH]1. The Labute approximate surface area is 213 Å². The number of rotatable bonds is 10. The summed E-state index contributed by atoms with van der Waals surface area (Å²) in [6.07, 6.45) is 1.03. The summed E-state index contributed by atoms with van der Waals surface area (Å²) in [6.45, 7) is 2.34. The van der Waals surface area contributed by atoms with E-state index in [1.165, 1.54) is 12.1 Å². The van der Waals surface area contributed by atoms with Gasteiger partial charge < -0.3 is 15.2 Å². The van der Waals surface area contributed by atoms with Gasteiger partial charge in [-0.3, -0.25) is 14.9 Å². The molecule has 3 N–H and O–H groups in total. The number of H-pyrrole nitrogens is 1. The zero-order valence-electron chi connectivity index (χ0n) is 19.6. The first-order chi connectivity index (χ1) is 17.5. The molecule has 7 nitrogen and oxygen atoms in total. The van der Waals surface area contributed by atoms with Gasteiger partial charge in [0.05, 0.1) is 40.7 Å². The predicted molar refractivity (Wildman–Crippen MR) is 136 cm³/mol. The summed E-state index contributed by atoms with van der Waals surface area (Å²) in [6, 6.07) is 17.6. The van der Waals surface area contributed by atoms with Gasteiger partial charge in [-0.15, -0.1) is 0 Å². The van der Waals surface area contributed by atoms with E-state index in [1.807, 2.05) is 19.1 Å². The molecule has 0 radical (unpaired) electrons. The van der Waals surface area contributed by atoms with Crippen LogP contribution in [0.4, 0.5) is 4.39 Å². The monoisotopic (exact) mass is 508 g/mol. The van der Waals surface area contributed by atoms with Gasteiger partial charge >= 0.3 is 0 Å². The Bertz CT molecular complexity index is 1300. The fourth-order valence-corrected chi connectivity index (χ4v) is 4.11. The van der Waals surface area contributed by atoms with Crippen LogP contribution in [0.2, 0.25) is 5.02 Å².